The van der Waals surface area contributed by atoms with Crippen molar-refractivity contribution in [1.29, 1.82) is 0 Å². The minimum atomic E-state index is 0.149. The van der Waals surface area contributed by atoms with E-state index in [1.165, 1.54) is 0 Å². The lowest BCUT2D eigenvalue weighted by Gasteiger charge is -2.48. The highest BCUT2D eigenvalue weighted by atomic mass is 16.1. The maximum Gasteiger partial charge on any atom is 0.154 e. The lowest BCUT2D eigenvalue weighted by molar-refractivity contribution is -0.139. The van der Waals surface area contributed by atoms with Gasteiger partial charge in [-0.2, -0.15) is 0 Å². The first-order chi connectivity index (χ1) is 12.7. The van der Waals surface area contributed by atoms with E-state index in [-0.39, 0.29) is 12.1 Å². The topological polar surface area (TPSA) is 47.1 Å². The molecule has 4 bridgehead atoms. The lowest BCUT2D eigenvalue weighted by Crippen LogP contribution is -2.62. The van der Waals surface area contributed by atoms with Crippen molar-refractivity contribution in [3.8, 4) is 0 Å². The van der Waals surface area contributed by atoms with Gasteiger partial charge < -0.3 is 0 Å². The van der Waals surface area contributed by atoms with E-state index in [9.17, 15) is 9.59 Å². The number of Topliss-reactive ketones (excluding diaryl/α,β-unsaturated/α-hetero) is 2. The molecule has 6 nitrogen and oxygen atoms in total. The van der Waals surface area contributed by atoms with Crippen LogP contribution in [0.15, 0.2) is 0 Å². The monoisotopic (exact) mass is 360 g/mol. The predicted octanol–water partition coefficient (Wildman–Crippen LogP) is -0.0694. The van der Waals surface area contributed by atoms with Crippen LogP contribution in [0.5, 0.6) is 0 Å². The second-order valence-corrected chi connectivity index (χ2v) is 9.06. The molecule has 7 saturated heterocycles. The summed E-state index contributed by atoms with van der Waals surface area (Å²) >= 11 is 0. The molecule has 2 atom stereocenters. The third-order valence-electron chi connectivity index (χ3n) is 7.73. The maximum absolute atomic E-state index is 12.6. The van der Waals surface area contributed by atoms with Crippen molar-refractivity contribution in [2.45, 2.75) is 37.8 Å². The fourth-order valence-electron chi connectivity index (χ4n) is 5.95. The van der Waals surface area contributed by atoms with Crippen LogP contribution in [0.3, 0.4) is 0 Å². The van der Waals surface area contributed by atoms with Gasteiger partial charge in [0.15, 0.2) is 11.6 Å². The molecule has 0 unspecified atom stereocenters. The molecule has 144 valence electrons. The SMILES string of the molecule is O=C1C2CCN(CC2)[C@@H]1CN1CCN(C[C@H]2C(=O)C3CCN2CC3)CC1. The number of rotatable bonds is 4. The normalized spacial score (nSPS) is 44.0. The highest BCUT2D eigenvalue weighted by Gasteiger charge is 2.43. The third kappa shape index (κ3) is 3.05. The smallest absolute Gasteiger partial charge is 0.154 e. The van der Waals surface area contributed by atoms with Crippen LogP contribution in [0.4, 0.5) is 0 Å². The number of piperazine rings is 1. The standard InChI is InChI=1S/C20H32N4O2/c25-19-15-1-5-23(6-2-15)17(19)13-21-9-11-22(12-10-21)14-18-20(26)16-3-7-24(18)8-4-16/h15-18H,1-14H2/t17-,18+. The van der Waals surface area contributed by atoms with Gasteiger partial charge in [-0.15, -0.1) is 0 Å². The molecule has 7 rings (SSSR count). The fraction of sp³-hybridized carbons (Fsp3) is 0.900. The van der Waals surface area contributed by atoms with Crippen LogP contribution in [0, 0.1) is 11.8 Å². The molecule has 0 aromatic rings. The van der Waals surface area contributed by atoms with Crippen LogP contribution >= 0.6 is 0 Å². The summed E-state index contributed by atoms with van der Waals surface area (Å²) in [5.74, 6) is 1.68. The van der Waals surface area contributed by atoms with Gasteiger partial charge >= 0.3 is 0 Å². The zero-order valence-corrected chi connectivity index (χ0v) is 15.8. The molecule has 6 heteroatoms. The quantitative estimate of drug-likeness (QED) is 0.700. The van der Waals surface area contributed by atoms with Crippen LogP contribution in [-0.2, 0) is 9.59 Å². The average molecular weight is 361 g/mol. The van der Waals surface area contributed by atoms with Gasteiger partial charge in [0.05, 0.1) is 12.1 Å². The minimum absolute atomic E-state index is 0.149. The van der Waals surface area contributed by atoms with Gasteiger partial charge in [0.1, 0.15) is 0 Å². The molecular weight excluding hydrogens is 328 g/mol. The summed E-state index contributed by atoms with van der Waals surface area (Å²) in [4.78, 5) is 34.9. The molecule has 7 aliphatic rings. The average Bonchev–Trinajstić information content (AvgIpc) is 2.69. The summed E-state index contributed by atoms with van der Waals surface area (Å²) in [6.07, 6.45) is 4.32. The summed E-state index contributed by atoms with van der Waals surface area (Å²) in [5.41, 5.74) is 0. The molecule has 26 heavy (non-hydrogen) atoms. The van der Waals surface area contributed by atoms with Crippen LogP contribution in [0.25, 0.3) is 0 Å². The number of piperidine rings is 6. The summed E-state index contributed by atoms with van der Waals surface area (Å²) in [6.45, 7) is 10.4. The van der Waals surface area contributed by atoms with Crippen molar-refractivity contribution in [3.63, 3.8) is 0 Å². The Bertz CT molecular complexity index is 508. The van der Waals surface area contributed by atoms with Crippen molar-refractivity contribution in [3.05, 3.63) is 0 Å². The summed E-state index contributed by atoms with van der Waals surface area (Å²) in [5, 5.41) is 0. The third-order valence-corrected chi connectivity index (χ3v) is 7.73. The maximum atomic E-state index is 12.6. The molecule has 0 radical (unpaired) electrons. The Kier molecular flexibility index (Phi) is 4.63. The zero-order chi connectivity index (χ0) is 17.7. The molecule has 7 fully saturated rings. The van der Waals surface area contributed by atoms with Crippen molar-refractivity contribution in [1.82, 2.24) is 19.6 Å². The molecular formula is C20H32N4O2. The lowest BCUT2D eigenvalue weighted by atomic mass is 9.81. The Morgan fingerprint density at radius 2 is 0.923 bits per heavy atom. The van der Waals surface area contributed by atoms with Gasteiger partial charge in [-0.1, -0.05) is 0 Å². The first-order valence-electron chi connectivity index (χ1n) is 10.7. The second kappa shape index (κ2) is 6.97. The van der Waals surface area contributed by atoms with Gasteiger partial charge in [-0.3, -0.25) is 29.2 Å². The molecule has 7 aliphatic heterocycles. The highest BCUT2D eigenvalue weighted by molar-refractivity contribution is 5.88. The first kappa shape index (κ1) is 17.3. The number of ketones is 2. The summed E-state index contributed by atoms with van der Waals surface area (Å²) < 4.78 is 0. The van der Waals surface area contributed by atoms with Gasteiger partial charge in [-0.05, 0) is 51.9 Å². The Morgan fingerprint density at radius 1 is 0.577 bits per heavy atom. The summed E-state index contributed by atoms with van der Waals surface area (Å²) in [7, 11) is 0. The minimum Gasteiger partial charge on any atom is -0.299 e. The predicted molar refractivity (Wildman–Crippen MR) is 99.1 cm³/mol. The number of hydrogen-bond donors (Lipinski definition) is 0. The molecule has 0 saturated carbocycles. The molecule has 0 aliphatic carbocycles. The number of carbonyl (C=O) groups excluding carboxylic acids is 2. The number of fused-ring (bicyclic) bond motifs is 6. The Hall–Kier alpha value is -0.820. The van der Waals surface area contributed by atoms with Crippen LogP contribution in [0.2, 0.25) is 0 Å². The number of hydrogen-bond acceptors (Lipinski definition) is 6. The number of carbonyl (C=O) groups is 2. The first-order valence-corrected chi connectivity index (χ1v) is 10.7. The van der Waals surface area contributed by atoms with Gasteiger partial charge in [-0.25, -0.2) is 0 Å². The van der Waals surface area contributed by atoms with E-state index in [4.69, 9.17) is 0 Å². The van der Waals surface area contributed by atoms with E-state index in [0.717, 1.165) is 91.1 Å². The molecule has 0 N–H and O–H groups in total. The van der Waals surface area contributed by atoms with E-state index < -0.39 is 0 Å². The molecule has 0 aromatic carbocycles. The van der Waals surface area contributed by atoms with Crippen LogP contribution in [0.1, 0.15) is 25.7 Å². The van der Waals surface area contributed by atoms with Gasteiger partial charge in [0.2, 0.25) is 0 Å². The molecule has 7 heterocycles. The molecule has 0 amide bonds. The van der Waals surface area contributed by atoms with Crippen LogP contribution in [-0.4, -0.2) is 109 Å². The zero-order valence-electron chi connectivity index (χ0n) is 15.8. The fourth-order valence-corrected chi connectivity index (χ4v) is 5.95. The van der Waals surface area contributed by atoms with Gasteiger partial charge in [0.25, 0.3) is 0 Å². The number of nitrogens with zero attached hydrogens (tertiary/aromatic N) is 4. The van der Waals surface area contributed by atoms with E-state index in [1.807, 2.05) is 0 Å². The van der Waals surface area contributed by atoms with Gasteiger partial charge in [0, 0.05) is 51.1 Å². The van der Waals surface area contributed by atoms with Crippen LogP contribution < -0.4 is 0 Å². The van der Waals surface area contributed by atoms with E-state index in [0.29, 0.717) is 23.4 Å². The van der Waals surface area contributed by atoms with Crippen molar-refractivity contribution in [2.75, 3.05) is 65.4 Å². The largest absolute Gasteiger partial charge is 0.299 e. The van der Waals surface area contributed by atoms with Crippen molar-refractivity contribution in [2.24, 2.45) is 11.8 Å². The molecule has 0 spiro atoms. The van der Waals surface area contributed by atoms with E-state index in [2.05, 4.69) is 19.6 Å². The van der Waals surface area contributed by atoms with Crippen molar-refractivity contribution < 1.29 is 9.59 Å². The highest BCUT2D eigenvalue weighted by Crippen LogP contribution is 2.31. The second-order valence-electron chi connectivity index (χ2n) is 9.06. The molecule has 0 aromatic heterocycles. The van der Waals surface area contributed by atoms with Crippen molar-refractivity contribution >= 4 is 11.6 Å². The van der Waals surface area contributed by atoms with E-state index >= 15 is 0 Å². The van der Waals surface area contributed by atoms with E-state index in [1.54, 1.807) is 0 Å². The Labute approximate surface area is 156 Å². The Balaban J connectivity index is 1.12. The summed E-state index contributed by atoms with van der Waals surface area (Å²) in [6, 6.07) is 0.298. The Morgan fingerprint density at radius 3 is 1.23 bits per heavy atom.